The number of nitrogens with one attached hydrogen (secondary N) is 2. The maximum atomic E-state index is 12.4. The number of amides is 2. The number of aliphatic hydroxyl groups excluding tert-OH is 1. The second kappa shape index (κ2) is 11.5. The molecule has 29 heavy (non-hydrogen) atoms. The van der Waals surface area contributed by atoms with Gasteiger partial charge in [0.2, 0.25) is 0 Å². The van der Waals surface area contributed by atoms with E-state index in [1.54, 1.807) is 36.4 Å². The number of rotatable bonds is 9. The minimum absolute atomic E-state index is 0.0854. The first-order valence-electron chi connectivity index (χ1n) is 9.01. The minimum Gasteiger partial charge on any atom is -0.491 e. The van der Waals surface area contributed by atoms with Crippen LogP contribution < -0.4 is 15.5 Å². The Morgan fingerprint density at radius 1 is 1.14 bits per heavy atom. The van der Waals surface area contributed by atoms with Crippen molar-refractivity contribution in [3.8, 4) is 5.75 Å². The molecule has 0 radical (unpaired) electrons. The van der Waals surface area contributed by atoms with Crippen molar-refractivity contribution in [2.24, 2.45) is 0 Å². The summed E-state index contributed by atoms with van der Waals surface area (Å²) in [4.78, 5) is 23.6. The molecule has 0 heterocycles. The Kier molecular flexibility index (Phi) is 8.68. The zero-order chi connectivity index (χ0) is 21.1. The first-order chi connectivity index (χ1) is 14.0. The number of aliphatic hydroxyl groups is 1. The summed E-state index contributed by atoms with van der Waals surface area (Å²) in [5.74, 6) is -0.243. The summed E-state index contributed by atoms with van der Waals surface area (Å²) in [6, 6.07) is 14.2. The molecule has 0 aliphatic heterocycles. The normalized spacial score (nSPS) is 11.7. The molecule has 0 saturated carbocycles. The van der Waals surface area contributed by atoms with Gasteiger partial charge in [0.1, 0.15) is 18.5 Å². The van der Waals surface area contributed by atoms with Crippen molar-refractivity contribution in [3.05, 3.63) is 71.8 Å². The molecule has 154 valence electrons. The van der Waals surface area contributed by atoms with Gasteiger partial charge in [0.15, 0.2) is 0 Å². The van der Waals surface area contributed by atoms with Crippen LogP contribution in [-0.4, -0.2) is 35.5 Å². The van der Waals surface area contributed by atoms with E-state index in [1.165, 1.54) is 11.6 Å². The Labute approximate surface area is 168 Å². The number of carbonyl (C=O) groups excluding carboxylic acids is 2. The van der Waals surface area contributed by atoms with E-state index in [4.69, 9.17) is 19.8 Å². The quantitative estimate of drug-likeness (QED) is 0.292. The number of para-hydroxylation sites is 1. The van der Waals surface area contributed by atoms with Gasteiger partial charge in [0.05, 0.1) is 6.61 Å². The highest BCUT2D eigenvalue weighted by molar-refractivity contribution is 5.86. The highest BCUT2D eigenvalue weighted by Crippen LogP contribution is 2.31. The van der Waals surface area contributed by atoms with Gasteiger partial charge in [-0.15, -0.1) is 0 Å². The van der Waals surface area contributed by atoms with Gasteiger partial charge in [-0.3, -0.25) is 15.3 Å². The van der Waals surface area contributed by atoms with Crippen LogP contribution in [0.4, 0.5) is 10.5 Å². The Morgan fingerprint density at radius 3 is 2.55 bits per heavy atom. The van der Waals surface area contributed by atoms with Crippen molar-refractivity contribution in [1.29, 1.82) is 0 Å². The number of hydrogen-bond donors (Lipinski definition) is 4. The Morgan fingerprint density at radius 2 is 1.86 bits per heavy atom. The van der Waals surface area contributed by atoms with Crippen LogP contribution in [0.2, 0.25) is 0 Å². The largest absolute Gasteiger partial charge is 0.491 e. The van der Waals surface area contributed by atoms with Gasteiger partial charge in [-0.05, 0) is 25.1 Å². The van der Waals surface area contributed by atoms with Gasteiger partial charge in [0, 0.05) is 23.7 Å². The number of benzene rings is 2. The van der Waals surface area contributed by atoms with Crippen molar-refractivity contribution in [1.82, 2.24) is 5.48 Å². The van der Waals surface area contributed by atoms with Crippen LogP contribution in [0.5, 0.6) is 5.75 Å². The van der Waals surface area contributed by atoms with E-state index >= 15 is 0 Å². The van der Waals surface area contributed by atoms with Gasteiger partial charge in [0.25, 0.3) is 5.91 Å². The molecule has 8 nitrogen and oxygen atoms in total. The lowest BCUT2D eigenvalue weighted by atomic mass is 10.0. The number of anilines is 1. The first kappa shape index (κ1) is 21.9. The van der Waals surface area contributed by atoms with Crippen molar-refractivity contribution in [2.75, 3.05) is 18.5 Å². The standard InChI is InChI=1S/C21H24N2O6/c1-15-9-11-16(12-10-15)22-21(26)29-19(7-4-8-20(25)23-27)17-5-2-3-6-18(17)28-14-13-24/h2-6,8-12,19,24,27H,7,13-14H2,1H3,(H,22,26)(H,23,25)/b8-4+/t19-/m1/s1. The Hall–Kier alpha value is -3.36. The van der Waals surface area contributed by atoms with Crippen LogP contribution in [0.15, 0.2) is 60.7 Å². The number of aryl methyl sites for hydroxylation is 1. The van der Waals surface area contributed by atoms with Crippen LogP contribution >= 0.6 is 0 Å². The molecule has 2 aromatic rings. The summed E-state index contributed by atoms with van der Waals surface area (Å²) >= 11 is 0. The van der Waals surface area contributed by atoms with E-state index in [2.05, 4.69) is 5.32 Å². The third kappa shape index (κ3) is 7.28. The van der Waals surface area contributed by atoms with Crippen LogP contribution in [0, 0.1) is 6.92 Å². The fourth-order valence-electron chi connectivity index (χ4n) is 2.52. The average molecular weight is 400 g/mol. The molecule has 0 aliphatic carbocycles. The molecule has 2 rings (SSSR count). The second-order valence-corrected chi connectivity index (χ2v) is 6.11. The van der Waals surface area contributed by atoms with Crippen LogP contribution in [0.1, 0.15) is 23.7 Å². The molecule has 4 N–H and O–H groups in total. The van der Waals surface area contributed by atoms with Crippen LogP contribution in [0.25, 0.3) is 0 Å². The molecule has 0 bridgehead atoms. The molecule has 0 aliphatic rings. The zero-order valence-corrected chi connectivity index (χ0v) is 16.0. The molecular formula is C21H24N2O6. The van der Waals surface area contributed by atoms with Crippen molar-refractivity contribution < 1.29 is 29.4 Å². The van der Waals surface area contributed by atoms with Gasteiger partial charge >= 0.3 is 6.09 Å². The van der Waals surface area contributed by atoms with Gasteiger partial charge in [-0.25, -0.2) is 10.3 Å². The summed E-state index contributed by atoms with van der Waals surface area (Å²) in [6.45, 7) is 1.86. The second-order valence-electron chi connectivity index (χ2n) is 6.11. The predicted octanol–water partition coefficient (Wildman–Crippen LogP) is 3.11. The fraction of sp³-hybridized carbons (Fsp3) is 0.238. The van der Waals surface area contributed by atoms with Gasteiger partial charge < -0.3 is 14.6 Å². The van der Waals surface area contributed by atoms with E-state index in [-0.39, 0.29) is 19.6 Å². The lowest BCUT2D eigenvalue weighted by Gasteiger charge is -2.20. The monoisotopic (exact) mass is 400 g/mol. The number of carbonyl (C=O) groups is 2. The molecule has 8 heteroatoms. The van der Waals surface area contributed by atoms with Crippen molar-refractivity contribution >= 4 is 17.7 Å². The lowest BCUT2D eigenvalue weighted by Crippen LogP contribution is -2.19. The summed E-state index contributed by atoms with van der Waals surface area (Å²) in [6.07, 6.45) is 1.33. The highest BCUT2D eigenvalue weighted by Gasteiger charge is 2.20. The van der Waals surface area contributed by atoms with Crippen LogP contribution in [-0.2, 0) is 9.53 Å². The van der Waals surface area contributed by atoms with Crippen molar-refractivity contribution in [3.63, 3.8) is 0 Å². The third-order valence-electron chi connectivity index (χ3n) is 3.89. The lowest BCUT2D eigenvalue weighted by molar-refractivity contribution is -0.124. The Balaban J connectivity index is 2.18. The van der Waals surface area contributed by atoms with E-state index in [0.717, 1.165) is 11.6 Å². The molecule has 1 atom stereocenters. The minimum atomic E-state index is -0.766. The molecule has 0 fully saturated rings. The maximum absolute atomic E-state index is 12.4. The van der Waals surface area contributed by atoms with Gasteiger partial charge in [-0.1, -0.05) is 42.0 Å². The Bertz CT molecular complexity index is 835. The smallest absolute Gasteiger partial charge is 0.412 e. The fourth-order valence-corrected chi connectivity index (χ4v) is 2.52. The summed E-state index contributed by atoms with van der Waals surface area (Å²) in [7, 11) is 0. The molecule has 2 amide bonds. The first-order valence-corrected chi connectivity index (χ1v) is 9.01. The molecule has 2 aromatic carbocycles. The molecule has 0 spiro atoms. The number of hydrogen-bond acceptors (Lipinski definition) is 6. The van der Waals surface area contributed by atoms with Crippen molar-refractivity contribution in [2.45, 2.75) is 19.4 Å². The summed E-state index contributed by atoms with van der Waals surface area (Å²) < 4.78 is 11.1. The van der Waals surface area contributed by atoms with E-state index < -0.39 is 18.1 Å². The highest BCUT2D eigenvalue weighted by atomic mass is 16.6. The molecule has 0 unspecified atom stereocenters. The topological polar surface area (TPSA) is 117 Å². The molecular weight excluding hydrogens is 376 g/mol. The number of ether oxygens (including phenoxy) is 2. The van der Waals surface area contributed by atoms with E-state index in [9.17, 15) is 9.59 Å². The number of hydroxylamine groups is 1. The zero-order valence-electron chi connectivity index (χ0n) is 16.0. The SMILES string of the molecule is Cc1ccc(NC(=O)O[C@H](C/C=C/C(=O)NO)c2ccccc2OCCO)cc1. The van der Waals surface area contributed by atoms with E-state index in [1.807, 2.05) is 19.1 Å². The summed E-state index contributed by atoms with van der Waals surface area (Å²) in [5, 5.41) is 20.3. The average Bonchev–Trinajstić information content (AvgIpc) is 2.73. The third-order valence-corrected chi connectivity index (χ3v) is 3.89. The van der Waals surface area contributed by atoms with Crippen LogP contribution in [0.3, 0.4) is 0 Å². The summed E-state index contributed by atoms with van der Waals surface area (Å²) in [5.41, 5.74) is 3.72. The molecule has 0 aromatic heterocycles. The molecule has 0 saturated heterocycles. The van der Waals surface area contributed by atoms with E-state index in [0.29, 0.717) is 17.0 Å². The van der Waals surface area contributed by atoms with Gasteiger partial charge in [-0.2, -0.15) is 0 Å². The predicted molar refractivity (Wildman–Crippen MR) is 107 cm³/mol. The maximum Gasteiger partial charge on any atom is 0.412 e.